The highest BCUT2D eigenvalue weighted by molar-refractivity contribution is 6.31. The van der Waals surface area contributed by atoms with Gasteiger partial charge in [-0.3, -0.25) is 0 Å². The Hall–Kier alpha value is -1.26. The molecule has 0 spiro atoms. The molecule has 1 N–H and O–H groups in total. The van der Waals surface area contributed by atoms with Crippen molar-refractivity contribution in [1.82, 2.24) is 4.90 Å². The van der Waals surface area contributed by atoms with Gasteiger partial charge in [-0.15, -0.1) is 0 Å². The van der Waals surface area contributed by atoms with E-state index in [-0.39, 0.29) is 6.54 Å². The van der Waals surface area contributed by atoms with Crippen molar-refractivity contribution in [2.75, 3.05) is 13.6 Å². The number of hydrogen-bond donors (Lipinski definition) is 1. The summed E-state index contributed by atoms with van der Waals surface area (Å²) in [5, 5.41) is 10.3. The van der Waals surface area contributed by atoms with E-state index in [2.05, 4.69) is 0 Å². The summed E-state index contributed by atoms with van der Waals surface area (Å²) in [6.07, 6.45) is -1.89. The Morgan fingerprint density at radius 2 is 2.19 bits per heavy atom. The third kappa shape index (κ3) is 1.99. The minimum atomic E-state index is -0.761. The molecule has 86 valence electrons. The van der Waals surface area contributed by atoms with Crippen LogP contribution in [0.15, 0.2) is 24.3 Å². The quantitative estimate of drug-likeness (QED) is 0.816. The molecular weight excluding hydrogens is 230 g/mol. The number of amides is 1. The fourth-order valence-electron chi connectivity index (χ4n) is 1.70. The molecule has 1 saturated heterocycles. The number of cyclic esters (lactones) is 1. The van der Waals surface area contributed by atoms with Crippen molar-refractivity contribution >= 4 is 17.7 Å². The summed E-state index contributed by atoms with van der Waals surface area (Å²) in [6, 6.07) is 7.03. The first-order valence-corrected chi connectivity index (χ1v) is 5.31. The molecule has 0 unspecified atom stereocenters. The first kappa shape index (κ1) is 11.2. The van der Waals surface area contributed by atoms with Gasteiger partial charge in [0.15, 0.2) is 6.10 Å². The number of ether oxygens (including phenoxy) is 1. The van der Waals surface area contributed by atoms with Crippen LogP contribution in [0.5, 0.6) is 0 Å². The van der Waals surface area contributed by atoms with Gasteiger partial charge in [0, 0.05) is 17.6 Å². The second-order valence-electron chi connectivity index (χ2n) is 3.77. The van der Waals surface area contributed by atoms with Gasteiger partial charge in [0.25, 0.3) is 0 Å². The van der Waals surface area contributed by atoms with Crippen LogP contribution in [0.3, 0.4) is 0 Å². The van der Waals surface area contributed by atoms with E-state index in [4.69, 9.17) is 16.3 Å². The summed E-state index contributed by atoms with van der Waals surface area (Å²) in [4.78, 5) is 12.7. The number of nitrogens with zero attached hydrogens (tertiary/aromatic N) is 1. The molecule has 1 aliphatic heterocycles. The van der Waals surface area contributed by atoms with E-state index in [1.807, 2.05) is 0 Å². The Labute approximate surface area is 98.4 Å². The first-order valence-electron chi connectivity index (χ1n) is 4.94. The van der Waals surface area contributed by atoms with Crippen LogP contribution < -0.4 is 0 Å². The van der Waals surface area contributed by atoms with E-state index >= 15 is 0 Å². The standard InChI is InChI=1S/C11H12ClNO3/c1-13-6-9(14)10(16-11(13)15)7-4-2-3-5-8(7)12/h2-5,9-10,14H,6H2,1H3/t9-,10-/m0/s1. The van der Waals surface area contributed by atoms with Crippen LogP contribution in [0.25, 0.3) is 0 Å². The first-order chi connectivity index (χ1) is 7.59. The van der Waals surface area contributed by atoms with Crippen LogP contribution in [0, 0.1) is 0 Å². The van der Waals surface area contributed by atoms with Gasteiger partial charge in [0.05, 0.1) is 6.54 Å². The number of carbonyl (C=O) groups excluding carboxylic acids is 1. The molecule has 0 radical (unpaired) electrons. The Bertz CT molecular complexity index is 410. The van der Waals surface area contributed by atoms with Gasteiger partial charge >= 0.3 is 6.09 Å². The lowest BCUT2D eigenvalue weighted by molar-refractivity contribution is -0.0543. The van der Waals surface area contributed by atoms with Gasteiger partial charge in [0.1, 0.15) is 6.10 Å². The van der Waals surface area contributed by atoms with E-state index in [1.54, 1.807) is 31.3 Å². The number of aliphatic hydroxyl groups excluding tert-OH is 1. The van der Waals surface area contributed by atoms with Crippen LogP contribution in [-0.4, -0.2) is 35.8 Å². The van der Waals surface area contributed by atoms with E-state index in [0.29, 0.717) is 10.6 Å². The van der Waals surface area contributed by atoms with E-state index in [9.17, 15) is 9.90 Å². The van der Waals surface area contributed by atoms with E-state index in [0.717, 1.165) is 0 Å². The monoisotopic (exact) mass is 241 g/mol. The number of β-amino-alcohol motifs (C(OH)–C–C–N with tert-alkyl or cyclic N) is 1. The maximum absolute atomic E-state index is 11.4. The highest BCUT2D eigenvalue weighted by Crippen LogP contribution is 2.31. The molecule has 1 fully saturated rings. The van der Waals surface area contributed by atoms with Crippen molar-refractivity contribution in [2.45, 2.75) is 12.2 Å². The van der Waals surface area contributed by atoms with Crippen molar-refractivity contribution in [3.8, 4) is 0 Å². The van der Waals surface area contributed by atoms with E-state index in [1.165, 1.54) is 4.90 Å². The SMILES string of the molecule is CN1C[C@H](O)[C@H](c2ccccc2Cl)OC1=O. The molecule has 0 aliphatic carbocycles. The predicted octanol–water partition coefficient (Wildman–Crippen LogP) is 1.82. The van der Waals surface area contributed by atoms with Gasteiger partial charge < -0.3 is 14.7 Å². The molecule has 4 nitrogen and oxygen atoms in total. The van der Waals surface area contributed by atoms with Crippen LogP contribution >= 0.6 is 11.6 Å². The van der Waals surface area contributed by atoms with E-state index < -0.39 is 18.3 Å². The molecule has 0 bridgehead atoms. The summed E-state index contributed by atoms with van der Waals surface area (Å²) >= 11 is 5.99. The fourth-order valence-corrected chi connectivity index (χ4v) is 1.95. The molecule has 16 heavy (non-hydrogen) atoms. The molecule has 1 heterocycles. The average molecular weight is 242 g/mol. The summed E-state index contributed by atoms with van der Waals surface area (Å²) in [5.41, 5.74) is 0.637. The zero-order valence-electron chi connectivity index (χ0n) is 8.76. The lowest BCUT2D eigenvalue weighted by atomic mass is 10.0. The summed E-state index contributed by atoms with van der Waals surface area (Å²) in [7, 11) is 1.58. The van der Waals surface area contributed by atoms with Crippen molar-refractivity contribution < 1.29 is 14.6 Å². The molecule has 0 aromatic heterocycles. The summed E-state index contributed by atoms with van der Waals surface area (Å²) < 4.78 is 5.13. The van der Waals surface area contributed by atoms with Crippen LogP contribution in [0.2, 0.25) is 5.02 Å². The Morgan fingerprint density at radius 3 is 2.88 bits per heavy atom. The largest absolute Gasteiger partial charge is 0.438 e. The van der Waals surface area contributed by atoms with Gasteiger partial charge in [-0.05, 0) is 6.07 Å². The highest BCUT2D eigenvalue weighted by atomic mass is 35.5. The van der Waals surface area contributed by atoms with Crippen LogP contribution in [0.1, 0.15) is 11.7 Å². The Balaban J connectivity index is 2.28. The van der Waals surface area contributed by atoms with Gasteiger partial charge in [-0.2, -0.15) is 0 Å². The van der Waals surface area contributed by atoms with Crippen LogP contribution in [0.4, 0.5) is 4.79 Å². The Morgan fingerprint density at radius 1 is 1.50 bits per heavy atom. The molecule has 1 aliphatic rings. The second-order valence-corrected chi connectivity index (χ2v) is 4.18. The summed E-state index contributed by atoms with van der Waals surface area (Å²) in [5.74, 6) is 0. The number of likely N-dealkylation sites (N-methyl/N-ethyl adjacent to an activating group) is 1. The zero-order chi connectivity index (χ0) is 11.7. The zero-order valence-corrected chi connectivity index (χ0v) is 9.52. The van der Waals surface area contributed by atoms with Gasteiger partial charge in [-0.25, -0.2) is 4.79 Å². The molecule has 1 amide bonds. The fraction of sp³-hybridized carbons (Fsp3) is 0.364. The van der Waals surface area contributed by atoms with Crippen molar-refractivity contribution in [2.24, 2.45) is 0 Å². The lowest BCUT2D eigenvalue weighted by Gasteiger charge is -2.33. The minimum absolute atomic E-state index is 0.245. The number of benzene rings is 1. The molecule has 2 atom stereocenters. The molecule has 5 heteroatoms. The smallest absolute Gasteiger partial charge is 0.410 e. The number of rotatable bonds is 1. The Kier molecular flexibility index (Phi) is 3.03. The summed E-state index contributed by atoms with van der Waals surface area (Å²) in [6.45, 7) is 0.245. The average Bonchev–Trinajstić information content (AvgIpc) is 2.25. The lowest BCUT2D eigenvalue weighted by Crippen LogP contribution is -2.45. The number of hydrogen-bond acceptors (Lipinski definition) is 3. The minimum Gasteiger partial charge on any atom is -0.438 e. The molecule has 1 aromatic carbocycles. The highest BCUT2D eigenvalue weighted by Gasteiger charge is 2.34. The van der Waals surface area contributed by atoms with Crippen molar-refractivity contribution in [3.63, 3.8) is 0 Å². The number of carbonyl (C=O) groups is 1. The molecule has 0 saturated carbocycles. The molecule has 2 rings (SSSR count). The maximum atomic E-state index is 11.4. The number of halogens is 1. The van der Waals surface area contributed by atoms with Gasteiger partial charge in [-0.1, -0.05) is 29.8 Å². The maximum Gasteiger partial charge on any atom is 0.410 e. The molecule has 1 aromatic rings. The van der Waals surface area contributed by atoms with Crippen molar-refractivity contribution in [3.05, 3.63) is 34.9 Å². The molecular formula is C11H12ClNO3. The third-order valence-electron chi connectivity index (χ3n) is 2.56. The van der Waals surface area contributed by atoms with Crippen molar-refractivity contribution in [1.29, 1.82) is 0 Å². The van der Waals surface area contributed by atoms with Gasteiger partial charge in [0.2, 0.25) is 0 Å². The second kappa shape index (κ2) is 4.31. The normalized spacial score (nSPS) is 25.4. The predicted molar refractivity (Wildman–Crippen MR) is 59.3 cm³/mol. The van der Waals surface area contributed by atoms with Crippen LogP contribution in [-0.2, 0) is 4.74 Å². The topological polar surface area (TPSA) is 49.8 Å². The number of aliphatic hydroxyl groups is 1. The third-order valence-corrected chi connectivity index (χ3v) is 2.91.